The van der Waals surface area contributed by atoms with E-state index in [0.717, 1.165) is 6.92 Å². The molecule has 2 atom stereocenters. The van der Waals surface area contributed by atoms with Gasteiger partial charge in [0.15, 0.2) is 5.96 Å². The van der Waals surface area contributed by atoms with Gasteiger partial charge in [-0.2, -0.15) is 0 Å². The molecule has 2 aromatic rings. The van der Waals surface area contributed by atoms with E-state index in [1.807, 2.05) is 0 Å². The highest BCUT2D eigenvalue weighted by atomic mass is 19.3. The number of hydrogen-bond donors (Lipinski definition) is 2. The first-order valence-corrected chi connectivity index (χ1v) is 8.84. The average Bonchev–Trinajstić information content (AvgIpc) is 2.62. The quantitative estimate of drug-likeness (QED) is 0.794. The second kappa shape index (κ2) is 6.69. The van der Waals surface area contributed by atoms with E-state index in [9.17, 15) is 18.0 Å². The Labute approximate surface area is 162 Å². The van der Waals surface area contributed by atoms with Gasteiger partial charge in [0.05, 0.1) is 11.5 Å². The Balaban J connectivity index is 2.14. The van der Waals surface area contributed by atoms with Crippen molar-refractivity contribution < 1.29 is 18.0 Å². The number of nitrogens with one attached hydrogen (secondary N) is 2. The van der Waals surface area contributed by atoms with Crippen LogP contribution in [0.25, 0.3) is 0 Å². The number of carbonyl (C=O) groups excluding carboxylic acids is 1. The van der Waals surface area contributed by atoms with E-state index >= 15 is 0 Å². The first-order chi connectivity index (χ1) is 12.9. The van der Waals surface area contributed by atoms with Crippen molar-refractivity contribution in [2.24, 2.45) is 0 Å². The predicted octanol–water partition coefficient (Wildman–Crippen LogP) is 2.19. The molecular formula is C20H21BF3N3O. The largest absolute Gasteiger partial charge is 0.346 e. The van der Waals surface area contributed by atoms with Crippen molar-refractivity contribution in [3.63, 3.8) is 0 Å². The van der Waals surface area contributed by atoms with Crippen LogP contribution in [0.5, 0.6) is 0 Å². The van der Waals surface area contributed by atoms with Crippen LogP contribution in [0.15, 0.2) is 42.5 Å². The number of amides is 1. The van der Waals surface area contributed by atoms with E-state index in [-0.39, 0.29) is 23.2 Å². The first kappa shape index (κ1) is 20.0. The van der Waals surface area contributed by atoms with Gasteiger partial charge in [-0.25, -0.2) is 13.2 Å². The van der Waals surface area contributed by atoms with Gasteiger partial charge >= 0.3 is 0 Å². The maximum absolute atomic E-state index is 13.8. The molecule has 0 aliphatic carbocycles. The van der Waals surface area contributed by atoms with Crippen LogP contribution in [0.1, 0.15) is 36.5 Å². The van der Waals surface area contributed by atoms with Crippen LogP contribution < -0.4 is 10.8 Å². The molecule has 0 spiro atoms. The summed E-state index contributed by atoms with van der Waals surface area (Å²) in [6.45, 7) is 2.57. The number of hydrogen-bond acceptors (Lipinski definition) is 2. The van der Waals surface area contributed by atoms with Crippen LogP contribution in [-0.2, 0) is 16.3 Å². The van der Waals surface area contributed by atoms with Crippen LogP contribution >= 0.6 is 0 Å². The molecule has 1 aliphatic rings. The number of benzene rings is 2. The number of halogens is 3. The van der Waals surface area contributed by atoms with E-state index in [0.29, 0.717) is 16.6 Å². The lowest BCUT2D eigenvalue weighted by Gasteiger charge is -2.46. The van der Waals surface area contributed by atoms with E-state index in [1.165, 1.54) is 42.3 Å². The summed E-state index contributed by atoms with van der Waals surface area (Å²) in [5, 5.41) is 11.2. The molecular weight excluding hydrogens is 366 g/mol. The highest BCUT2D eigenvalue weighted by Crippen LogP contribution is 2.41. The molecule has 4 nitrogen and oxygen atoms in total. The van der Waals surface area contributed by atoms with Crippen LogP contribution in [0.3, 0.4) is 0 Å². The van der Waals surface area contributed by atoms with Crippen molar-refractivity contribution in [1.82, 2.24) is 10.2 Å². The van der Waals surface area contributed by atoms with Gasteiger partial charge in [-0.1, -0.05) is 41.9 Å². The Bertz CT molecular complexity index is 943. The molecule has 1 amide bonds. The number of likely N-dealkylation sites (N-methyl/N-ethyl adjacent to an activating group) is 1. The predicted molar refractivity (Wildman–Crippen MR) is 104 cm³/mol. The summed E-state index contributed by atoms with van der Waals surface area (Å²) in [5.41, 5.74) is 0.392. The molecule has 0 saturated carbocycles. The Hall–Kier alpha value is -2.77. The highest BCUT2D eigenvalue weighted by molar-refractivity contribution is 6.32. The molecule has 146 valence electrons. The topological polar surface area (TPSA) is 56.2 Å². The third kappa shape index (κ3) is 3.27. The maximum atomic E-state index is 13.8. The molecule has 0 radical (unpaired) electrons. The third-order valence-corrected chi connectivity index (χ3v) is 5.38. The minimum Gasteiger partial charge on any atom is -0.346 e. The van der Waals surface area contributed by atoms with E-state index in [1.54, 1.807) is 26.9 Å². The maximum Gasteiger partial charge on any atom is 0.270 e. The Kier molecular flexibility index (Phi) is 4.77. The van der Waals surface area contributed by atoms with Gasteiger partial charge in [-0.05, 0) is 24.1 Å². The summed E-state index contributed by atoms with van der Waals surface area (Å²) in [5.74, 6) is -4.56. The zero-order chi connectivity index (χ0) is 20.9. The zero-order valence-electron chi connectivity index (χ0n) is 16.1. The number of alkyl halides is 2. The van der Waals surface area contributed by atoms with Crippen molar-refractivity contribution >= 4 is 25.2 Å². The fourth-order valence-corrected chi connectivity index (χ4v) is 3.60. The van der Waals surface area contributed by atoms with E-state index in [4.69, 9.17) is 5.41 Å². The van der Waals surface area contributed by atoms with Gasteiger partial charge in [0.1, 0.15) is 13.7 Å². The SMILES string of the molecule is Bc1cc([C@@]2(C)NC(=N)N(C)C(=O)[C@@H]2c2ccc(C(C)(F)F)cc2)ccc1F. The molecule has 8 heteroatoms. The summed E-state index contributed by atoms with van der Waals surface area (Å²) >= 11 is 0. The van der Waals surface area contributed by atoms with E-state index in [2.05, 4.69) is 5.32 Å². The normalized spacial score (nSPS) is 22.9. The van der Waals surface area contributed by atoms with Crippen LogP contribution in [0, 0.1) is 11.2 Å². The standard InChI is InChI=1S/C20H21BF3N3O/c1-19(13-8-9-15(22)14(21)10-13)16(17(28)27(3)18(25)26-19)11-4-6-12(7-5-11)20(2,23)24/h4-10,16H,21H2,1-3H3,(H2,25,26)/t16-,19+/m0/s1. The van der Waals surface area contributed by atoms with Gasteiger partial charge in [-0.3, -0.25) is 15.1 Å². The fourth-order valence-electron chi connectivity index (χ4n) is 3.60. The second-order valence-corrected chi connectivity index (χ2v) is 7.48. The molecule has 1 heterocycles. The van der Waals surface area contributed by atoms with Gasteiger partial charge in [-0.15, -0.1) is 0 Å². The monoisotopic (exact) mass is 387 g/mol. The molecule has 3 rings (SSSR count). The summed E-state index contributed by atoms with van der Waals surface area (Å²) in [6, 6.07) is 10.2. The third-order valence-electron chi connectivity index (χ3n) is 5.38. The molecule has 0 bridgehead atoms. The van der Waals surface area contributed by atoms with Crippen molar-refractivity contribution in [1.29, 1.82) is 5.41 Å². The second-order valence-electron chi connectivity index (χ2n) is 7.48. The summed E-state index contributed by atoms with van der Waals surface area (Å²) in [4.78, 5) is 14.3. The lowest BCUT2D eigenvalue weighted by atomic mass is 9.72. The number of nitrogens with zero attached hydrogens (tertiary/aromatic N) is 1. The van der Waals surface area contributed by atoms with Crippen LogP contribution in [0.4, 0.5) is 13.2 Å². The molecule has 0 aromatic heterocycles. The van der Waals surface area contributed by atoms with E-state index < -0.39 is 17.4 Å². The molecule has 1 aliphatic heterocycles. The number of rotatable bonds is 3. The summed E-state index contributed by atoms with van der Waals surface area (Å²) in [7, 11) is 3.10. The van der Waals surface area contributed by atoms with Gasteiger partial charge in [0.25, 0.3) is 5.92 Å². The molecule has 2 aromatic carbocycles. The zero-order valence-corrected chi connectivity index (χ0v) is 16.1. The van der Waals surface area contributed by atoms with Crippen molar-refractivity contribution in [2.45, 2.75) is 31.2 Å². The van der Waals surface area contributed by atoms with Crippen molar-refractivity contribution in [3.05, 3.63) is 65.0 Å². The minimum atomic E-state index is -2.98. The van der Waals surface area contributed by atoms with Crippen LogP contribution in [0.2, 0.25) is 0 Å². The van der Waals surface area contributed by atoms with Gasteiger partial charge in [0.2, 0.25) is 5.91 Å². The average molecular weight is 387 g/mol. The van der Waals surface area contributed by atoms with Gasteiger partial charge in [0, 0.05) is 19.5 Å². The van der Waals surface area contributed by atoms with Crippen molar-refractivity contribution in [3.8, 4) is 0 Å². The molecule has 2 N–H and O–H groups in total. The molecule has 28 heavy (non-hydrogen) atoms. The highest BCUT2D eigenvalue weighted by Gasteiger charge is 2.48. The number of carbonyl (C=O) groups is 1. The summed E-state index contributed by atoms with van der Waals surface area (Å²) < 4.78 is 40.9. The fraction of sp³-hybridized carbons (Fsp3) is 0.300. The van der Waals surface area contributed by atoms with Gasteiger partial charge < -0.3 is 5.32 Å². The number of guanidine groups is 1. The lowest BCUT2D eigenvalue weighted by molar-refractivity contribution is -0.131. The molecule has 0 unspecified atom stereocenters. The first-order valence-electron chi connectivity index (χ1n) is 8.84. The summed E-state index contributed by atoms with van der Waals surface area (Å²) in [6.07, 6.45) is 0. The minimum absolute atomic E-state index is 0.0811. The Morgan fingerprint density at radius 1 is 1.21 bits per heavy atom. The molecule has 1 saturated heterocycles. The lowest BCUT2D eigenvalue weighted by Crippen LogP contribution is -2.62. The smallest absolute Gasteiger partial charge is 0.270 e. The Morgan fingerprint density at radius 2 is 1.82 bits per heavy atom. The van der Waals surface area contributed by atoms with Crippen LogP contribution in [-0.4, -0.2) is 31.7 Å². The molecule has 1 fully saturated rings. The Morgan fingerprint density at radius 3 is 2.36 bits per heavy atom. The van der Waals surface area contributed by atoms with Crippen molar-refractivity contribution in [2.75, 3.05) is 7.05 Å².